The van der Waals surface area contributed by atoms with Crippen LogP contribution in [0, 0.1) is 0 Å². The molecule has 0 aromatic heterocycles. The maximum absolute atomic E-state index is 10.4. The van der Waals surface area contributed by atoms with Crippen molar-refractivity contribution in [2.24, 2.45) is 4.99 Å². The van der Waals surface area contributed by atoms with E-state index in [9.17, 15) is 5.11 Å². The second kappa shape index (κ2) is 4.33. The normalized spacial score (nSPS) is 31.3. The van der Waals surface area contributed by atoms with E-state index in [1.54, 1.807) is 6.92 Å². The van der Waals surface area contributed by atoms with Crippen molar-refractivity contribution in [3.05, 3.63) is 35.9 Å². The number of hydrogen-bond donors (Lipinski definition) is 2. The number of nitrogens with one attached hydrogen (secondary N) is 1. The van der Waals surface area contributed by atoms with Gasteiger partial charge in [-0.25, -0.2) is 10.4 Å². The Morgan fingerprint density at radius 2 is 2.12 bits per heavy atom. The van der Waals surface area contributed by atoms with E-state index in [0.29, 0.717) is 6.54 Å². The molecule has 0 spiro atoms. The van der Waals surface area contributed by atoms with Gasteiger partial charge in [0.05, 0.1) is 0 Å². The molecule has 4 nitrogen and oxygen atoms in total. The first-order valence-electron chi connectivity index (χ1n) is 5.37. The summed E-state index contributed by atoms with van der Waals surface area (Å²) in [6, 6.07) is 9.54. The Kier molecular flexibility index (Phi) is 3.05. The van der Waals surface area contributed by atoms with Crippen LogP contribution in [0.1, 0.15) is 18.5 Å². The standard InChI is InChI=1S/C12H17N3O/c1-12(16)11(10-6-4-3-5-7-10)13-8-9-15(2)14-12/h3-8,11,14,16H,9H2,1-2H3. The molecule has 2 atom stereocenters. The Hall–Kier alpha value is -1.23. The third kappa shape index (κ3) is 2.29. The van der Waals surface area contributed by atoms with Gasteiger partial charge in [0.1, 0.15) is 6.04 Å². The van der Waals surface area contributed by atoms with E-state index in [-0.39, 0.29) is 6.04 Å². The van der Waals surface area contributed by atoms with Crippen LogP contribution in [0.4, 0.5) is 0 Å². The fourth-order valence-electron chi connectivity index (χ4n) is 1.96. The van der Waals surface area contributed by atoms with Crippen molar-refractivity contribution < 1.29 is 5.11 Å². The van der Waals surface area contributed by atoms with Gasteiger partial charge in [0.2, 0.25) is 0 Å². The summed E-state index contributed by atoms with van der Waals surface area (Å²) in [5, 5.41) is 12.2. The van der Waals surface area contributed by atoms with Crippen molar-refractivity contribution in [2.75, 3.05) is 13.6 Å². The van der Waals surface area contributed by atoms with Gasteiger partial charge in [-0.1, -0.05) is 30.3 Å². The molecule has 0 saturated carbocycles. The lowest BCUT2D eigenvalue weighted by atomic mass is 9.98. The molecule has 2 N–H and O–H groups in total. The summed E-state index contributed by atoms with van der Waals surface area (Å²) in [4.78, 5) is 4.42. The molecule has 0 radical (unpaired) electrons. The van der Waals surface area contributed by atoms with Crippen LogP contribution in [-0.2, 0) is 0 Å². The molecule has 1 aromatic rings. The van der Waals surface area contributed by atoms with Gasteiger partial charge in [0, 0.05) is 19.8 Å². The lowest BCUT2D eigenvalue weighted by Gasteiger charge is -2.32. The largest absolute Gasteiger partial charge is 0.372 e. The van der Waals surface area contributed by atoms with Crippen molar-refractivity contribution in [3.8, 4) is 0 Å². The van der Waals surface area contributed by atoms with E-state index in [1.165, 1.54) is 0 Å². The molecule has 0 bridgehead atoms. The fraction of sp³-hybridized carbons (Fsp3) is 0.417. The second-order valence-corrected chi connectivity index (χ2v) is 4.28. The van der Waals surface area contributed by atoms with Crippen molar-refractivity contribution in [2.45, 2.75) is 18.7 Å². The van der Waals surface area contributed by atoms with E-state index in [0.717, 1.165) is 5.56 Å². The molecule has 4 heteroatoms. The number of nitrogens with zero attached hydrogens (tertiary/aromatic N) is 2. The van der Waals surface area contributed by atoms with Crippen molar-refractivity contribution in [3.63, 3.8) is 0 Å². The molecule has 0 amide bonds. The first kappa shape index (κ1) is 11.3. The van der Waals surface area contributed by atoms with Gasteiger partial charge >= 0.3 is 0 Å². The summed E-state index contributed by atoms with van der Waals surface area (Å²) in [7, 11) is 1.88. The number of rotatable bonds is 1. The Bertz CT molecular complexity index is 375. The number of aliphatic hydroxyl groups is 1. The van der Waals surface area contributed by atoms with Gasteiger partial charge in [-0.05, 0) is 12.5 Å². The molecule has 0 saturated heterocycles. The predicted molar refractivity (Wildman–Crippen MR) is 64.1 cm³/mol. The van der Waals surface area contributed by atoms with Gasteiger partial charge in [-0.15, -0.1) is 0 Å². The summed E-state index contributed by atoms with van der Waals surface area (Å²) in [6.45, 7) is 2.42. The third-order valence-corrected chi connectivity index (χ3v) is 2.67. The molecule has 2 unspecified atom stereocenters. The topological polar surface area (TPSA) is 47.9 Å². The zero-order chi connectivity index (χ0) is 11.6. The molecular weight excluding hydrogens is 202 g/mol. The van der Waals surface area contributed by atoms with Crippen LogP contribution in [0.3, 0.4) is 0 Å². The van der Waals surface area contributed by atoms with Crippen molar-refractivity contribution in [1.82, 2.24) is 10.4 Å². The lowest BCUT2D eigenvalue weighted by molar-refractivity contribution is -0.0509. The average molecular weight is 219 g/mol. The van der Waals surface area contributed by atoms with Gasteiger partial charge in [-0.2, -0.15) is 0 Å². The summed E-state index contributed by atoms with van der Waals surface area (Å²) >= 11 is 0. The molecule has 16 heavy (non-hydrogen) atoms. The summed E-state index contributed by atoms with van der Waals surface area (Å²) < 4.78 is 0. The van der Waals surface area contributed by atoms with Gasteiger partial charge in [0.15, 0.2) is 5.72 Å². The van der Waals surface area contributed by atoms with Crippen LogP contribution in [0.25, 0.3) is 0 Å². The highest BCUT2D eigenvalue weighted by molar-refractivity contribution is 5.60. The maximum Gasteiger partial charge on any atom is 0.152 e. The summed E-state index contributed by atoms with van der Waals surface area (Å²) in [5.74, 6) is 0. The molecule has 1 heterocycles. The molecule has 1 aliphatic heterocycles. The number of hydrogen-bond acceptors (Lipinski definition) is 4. The smallest absolute Gasteiger partial charge is 0.152 e. The van der Waals surface area contributed by atoms with Gasteiger partial charge in [-0.3, -0.25) is 4.99 Å². The van der Waals surface area contributed by atoms with Crippen LogP contribution in [0.5, 0.6) is 0 Å². The third-order valence-electron chi connectivity index (χ3n) is 2.67. The van der Waals surface area contributed by atoms with E-state index in [4.69, 9.17) is 0 Å². The first-order valence-corrected chi connectivity index (χ1v) is 5.37. The Labute approximate surface area is 95.6 Å². The van der Waals surface area contributed by atoms with E-state index in [2.05, 4.69) is 10.4 Å². The highest BCUT2D eigenvalue weighted by Gasteiger charge is 2.34. The molecule has 2 rings (SSSR count). The lowest BCUT2D eigenvalue weighted by Crippen LogP contribution is -2.53. The highest BCUT2D eigenvalue weighted by Crippen LogP contribution is 2.28. The first-order chi connectivity index (χ1) is 7.59. The average Bonchev–Trinajstić information content (AvgIpc) is 2.37. The number of hydrazine groups is 1. The monoisotopic (exact) mass is 219 g/mol. The molecule has 0 aliphatic carbocycles. The van der Waals surface area contributed by atoms with E-state index in [1.807, 2.05) is 48.6 Å². The zero-order valence-corrected chi connectivity index (χ0v) is 9.59. The summed E-state index contributed by atoms with van der Waals surface area (Å²) in [6.07, 6.45) is 1.83. The summed E-state index contributed by atoms with van der Waals surface area (Å²) in [5.41, 5.74) is 2.97. The quantitative estimate of drug-likeness (QED) is 0.739. The van der Waals surface area contributed by atoms with Crippen LogP contribution < -0.4 is 5.43 Å². The predicted octanol–water partition coefficient (Wildman–Crippen LogP) is 0.957. The van der Waals surface area contributed by atoms with Crippen LogP contribution in [0.2, 0.25) is 0 Å². The van der Waals surface area contributed by atoms with Crippen molar-refractivity contribution >= 4 is 6.21 Å². The maximum atomic E-state index is 10.4. The number of benzene rings is 1. The highest BCUT2D eigenvalue weighted by atomic mass is 16.3. The Morgan fingerprint density at radius 1 is 1.44 bits per heavy atom. The van der Waals surface area contributed by atoms with Crippen LogP contribution >= 0.6 is 0 Å². The fourth-order valence-corrected chi connectivity index (χ4v) is 1.96. The van der Waals surface area contributed by atoms with Gasteiger partial charge in [0.25, 0.3) is 0 Å². The molecule has 1 aromatic carbocycles. The molecular formula is C12H17N3O. The minimum atomic E-state index is -1.07. The van der Waals surface area contributed by atoms with Crippen LogP contribution in [-0.4, -0.2) is 35.6 Å². The Balaban J connectivity index is 2.32. The Morgan fingerprint density at radius 3 is 2.81 bits per heavy atom. The van der Waals surface area contributed by atoms with Gasteiger partial charge < -0.3 is 5.11 Å². The van der Waals surface area contributed by atoms with Crippen LogP contribution in [0.15, 0.2) is 35.3 Å². The minimum Gasteiger partial charge on any atom is -0.372 e. The SMILES string of the molecule is CN1CC=NC(c2ccccc2)C(C)(O)N1. The molecule has 0 fully saturated rings. The van der Waals surface area contributed by atoms with Crippen molar-refractivity contribution in [1.29, 1.82) is 0 Å². The second-order valence-electron chi connectivity index (χ2n) is 4.28. The molecule has 86 valence electrons. The minimum absolute atomic E-state index is 0.279. The number of aliphatic imine (C=N–C) groups is 1. The molecule has 1 aliphatic rings. The van der Waals surface area contributed by atoms with E-state index < -0.39 is 5.72 Å². The van der Waals surface area contributed by atoms with E-state index >= 15 is 0 Å². The zero-order valence-electron chi connectivity index (χ0n) is 9.59.